The molecule has 3 N–H and O–H groups in total. The first kappa shape index (κ1) is 26.3. The SMILES string of the molecule is CC(C)COc1cc(F)cc(-c2ccc(C(=O)NS(=O)(=O)c3cccc(N)n3)c(N3CCCCC3)n2)c1. The first-order valence-electron chi connectivity index (χ1n) is 12.1. The first-order chi connectivity index (χ1) is 17.6. The van der Waals surface area contributed by atoms with Gasteiger partial charge in [0.05, 0.1) is 17.9 Å². The smallest absolute Gasteiger partial charge is 0.281 e. The number of carbonyl (C=O) groups is 1. The number of aromatic nitrogens is 2. The summed E-state index contributed by atoms with van der Waals surface area (Å²) in [5.74, 6) is -0.314. The quantitative estimate of drug-likeness (QED) is 0.450. The number of halogens is 1. The van der Waals surface area contributed by atoms with Crippen molar-refractivity contribution in [1.29, 1.82) is 0 Å². The molecule has 1 aromatic carbocycles. The van der Waals surface area contributed by atoms with Gasteiger partial charge in [-0.15, -0.1) is 0 Å². The molecule has 0 saturated carbocycles. The van der Waals surface area contributed by atoms with Crippen molar-refractivity contribution in [1.82, 2.24) is 14.7 Å². The number of sulfonamides is 1. The van der Waals surface area contributed by atoms with Gasteiger partial charge in [-0.25, -0.2) is 19.1 Å². The molecule has 37 heavy (non-hydrogen) atoms. The van der Waals surface area contributed by atoms with E-state index in [2.05, 4.69) is 9.71 Å². The summed E-state index contributed by atoms with van der Waals surface area (Å²) < 4.78 is 47.8. The number of nitrogens with zero attached hydrogens (tertiary/aromatic N) is 3. The average molecular weight is 528 g/mol. The predicted molar refractivity (Wildman–Crippen MR) is 139 cm³/mol. The molecule has 0 spiro atoms. The Hall–Kier alpha value is -3.73. The summed E-state index contributed by atoms with van der Waals surface area (Å²) in [4.78, 5) is 23.6. The minimum atomic E-state index is -4.27. The highest BCUT2D eigenvalue weighted by atomic mass is 32.2. The molecule has 1 fully saturated rings. The van der Waals surface area contributed by atoms with E-state index in [1.54, 1.807) is 12.1 Å². The number of pyridine rings is 2. The van der Waals surface area contributed by atoms with Gasteiger partial charge >= 0.3 is 0 Å². The summed E-state index contributed by atoms with van der Waals surface area (Å²) in [6.07, 6.45) is 2.87. The molecule has 9 nitrogen and oxygen atoms in total. The Morgan fingerprint density at radius 2 is 1.86 bits per heavy atom. The molecule has 1 aliphatic rings. The Morgan fingerprint density at radius 3 is 2.57 bits per heavy atom. The predicted octanol–water partition coefficient (Wildman–Crippen LogP) is 4.01. The van der Waals surface area contributed by atoms with Crippen LogP contribution in [0.15, 0.2) is 53.6 Å². The second-order valence-electron chi connectivity index (χ2n) is 9.33. The van der Waals surface area contributed by atoms with Crippen LogP contribution in [0.3, 0.4) is 0 Å². The standard InChI is InChI=1S/C26H30FN5O4S/c1-17(2)16-36-20-14-18(13-19(27)15-20)22-10-9-21(25(29-22)32-11-4-3-5-12-32)26(33)31-37(34,35)24-8-6-7-23(28)30-24/h6-10,13-15,17H,3-5,11-12,16H2,1-2H3,(H2,28,30)(H,31,33). The fraction of sp³-hybridized carbons (Fsp3) is 0.346. The molecule has 2 aromatic heterocycles. The molecule has 196 valence electrons. The number of rotatable bonds is 8. The number of hydrogen-bond donors (Lipinski definition) is 2. The van der Waals surface area contributed by atoms with Crippen molar-refractivity contribution in [3.8, 4) is 17.0 Å². The van der Waals surface area contributed by atoms with E-state index in [-0.39, 0.29) is 22.3 Å². The average Bonchev–Trinajstić information content (AvgIpc) is 2.87. The third-order valence-electron chi connectivity index (χ3n) is 5.77. The van der Waals surface area contributed by atoms with Crippen LogP contribution in [0.25, 0.3) is 11.3 Å². The number of carbonyl (C=O) groups excluding carboxylic acids is 1. The largest absolute Gasteiger partial charge is 0.493 e. The number of nitrogens with one attached hydrogen (secondary N) is 1. The van der Waals surface area contributed by atoms with Gasteiger partial charge in [0.1, 0.15) is 23.2 Å². The first-order valence-corrected chi connectivity index (χ1v) is 13.6. The summed E-state index contributed by atoms with van der Waals surface area (Å²) >= 11 is 0. The number of anilines is 2. The number of nitrogens with two attached hydrogens (primary N) is 1. The van der Waals surface area contributed by atoms with Gasteiger partial charge in [0.25, 0.3) is 15.9 Å². The Labute approximate surface area is 215 Å². The summed E-state index contributed by atoms with van der Waals surface area (Å²) in [7, 11) is -4.27. The fourth-order valence-corrected chi connectivity index (χ4v) is 4.94. The molecule has 0 unspecified atom stereocenters. The molecule has 0 aliphatic carbocycles. The van der Waals surface area contributed by atoms with Gasteiger partial charge in [0.15, 0.2) is 5.03 Å². The van der Waals surface area contributed by atoms with Gasteiger partial charge in [-0.2, -0.15) is 8.42 Å². The van der Waals surface area contributed by atoms with E-state index in [4.69, 9.17) is 15.5 Å². The molecule has 3 heterocycles. The van der Waals surface area contributed by atoms with Gasteiger partial charge in [0, 0.05) is 24.7 Å². The highest BCUT2D eigenvalue weighted by Gasteiger charge is 2.26. The van der Waals surface area contributed by atoms with Gasteiger partial charge < -0.3 is 15.4 Å². The van der Waals surface area contributed by atoms with Crippen LogP contribution in [-0.4, -0.2) is 44.0 Å². The normalized spacial score (nSPS) is 14.0. The molecule has 1 aliphatic heterocycles. The van der Waals surface area contributed by atoms with Crippen molar-refractivity contribution in [3.05, 3.63) is 59.9 Å². The molecule has 1 amide bonds. The summed E-state index contributed by atoms with van der Waals surface area (Å²) in [5, 5.41) is -0.362. The Morgan fingerprint density at radius 1 is 1.11 bits per heavy atom. The third-order valence-corrected chi connectivity index (χ3v) is 7.01. The number of amides is 1. The van der Waals surface area contributed by atoms with E-state index in [1.165, 1.54) is 36.4 Å². The van der Waals surface area contributed by atoms with Crippen molar-refractivity contribution in [2.75, 3.05) is 30.3 Å². The summed E-state index contributed by atoms with van der Waals surface area (Å²) in [6.45, 7) is 5.75. The number of nitrogen functional groups attached to an aromatic ring is 1. The third kappa shape index (κ3) is 6.53. The van der Waals surface area contributed by atoms with E-state index in [9.17, 15) is 17.6 Å². The van der Waals surface area contributed by atoms with Crippen LogP contribution in [0.4, 0.5) is 16.0 Å². The van der Waals surface area contributed by atoms with E-state index in [0.29, 0.717) is 42.5 Å². The molecular weight excluding hydrogens is 497 g/mol. The highest BCUT2D eigenvalue weighted by Crippen LogP contribution is 2.30. The topological polar surface area (TPSA) is 128 Å². The summed E-state index contributed by atoms with van der Waals surface area (Å²) in [5.41, 5.74) is 6.62. The van der Waals surface area contributed by atoms with E-state index < -0.39 is 21.7 Å². The number of piperidine rings is 1. The maximum absolute atomic E-state index is 14.4. The van der Waals surface area contributed by atoms with Gasteiger partial charge in [-0.1, -0.05) is 19.9 Å². The molecule has 0 atom stereocenters. The van der Waals surface area contributed by atoms with Crippen molar-refractivity contribution >= 4 is 27.6 Å². The van der Waals surface area contributed by atoms with Crippen LogP contribution in [-0.2, 0) is 10.0 Å². The van der Waals surface area contributed by atoms with Gasteiger partial charge in [-0.05, 0) is 61.6 Å². The highest BCUT2D eigenvalue weighted by molar-refractivity contribution is 7.90. The van der Waals surface area contributed by atoms with Crippen LogP contribution < -0.4 is 20.1 Å². The molecule has 3 aromatic rings. The Balaban J connectivity index is 1.70. The lowest BCUT2D eigenvalue weighted by Gasteiger charge is -2.29. The molecule has 11 heteroatoms. The Bertz CT molecular complexity index is 1390. The van der Waals surface area contributed by atoms with Crippen molar-refractivity contribution < 1.29 is 22.3 Å². The second kappa shape index (κ2) is 11.1. The van der Waals surface area contributed by atoms with Crippen LogP contribution in [0.1, 0.15) is 43.5 Å². The van der Waals surface area contributed by atoms with Crippen LogP contribution in [0.5, 0.6) is 5.75 Å². The lowest BCUT2D eigenvalue weighted by molar-refractivity contribution is 0.0981. The van der Waals surface area contributed by atoms with Crippen LogP contribution >= 0.6 is 0 Å². The second-order valence-corrected chi connectivity index (χ2v) is 11.0. The lowest BCUT2D eigenvalue weighted by atomic mass is 10.1. The minimum Gasteiger partial charge on any atom is -0.493 e. The van der Waals surface area contributed by atoms with Gasteiger partial charge in [0.2, 0.25) is 0 Å². The minimum absolute atomic E-state index is 0.0159. The van der Waals surface area contributed by atoms with Crippen molar-refractivity contribution in [3.63, 3.8) is 0 Å². The lowest BCUT2D eigenvalue weighted by Crippen LogP contribution is -2.35. The van der Waals surface area contributed by atoms with Gasteiger partial charge in [-0.3, -0.25) is 4.79 Å². The number of hydrogen-bond acceptors (Lipinski definition) is 8. The van der Waals surface area contributed by atoms with E-state index in [1.807, 2.05) is 18.7 Å². The number of benzene rings is 1. The van der Waals surface area contributed by atoms with E-state index >= 15 is 0 Å². The fourth-order valence-electron chi connectivity index (χ4n) is 4.00. The number of ether oxygens (including phenoxy) is 1. The zero-order chi connectivity index (χ0) is 26.6. The Kier molecular flexibility index (Phi) is 7.91. The molecule has 1 saturated heterocycles. The summed E-state index contributed by atoms with van der Waals surface area (Å²) in [6, 6.07) is 11.6. The zero-order valence-electron chi connectivity index (χ0n) is 20.8. The van der Waals surface area contributed by atoms with Crippen molar-refractivity contribution in [2.45, 2.75) is 38.1 Å². The maximum Gasteiger partial charge on any atom is 0.281 e. The maximum atomic E-state index is 14.4. The molecular formula is C26H30FN5O4S. The monoisotopic (exact) mass is 527 g/mol. The molecule has 0 radical (unpaired) electrons. The zero-order valence-corrected chi connectivity index (χ0v) is 21.6. The van der Waals surface area contributed by atoms with Crippen molar-refractivity contribution in [2.24, 2.45) is 5.92 Å². The van der Waals surface area contributed by atoms with Crippen LogP contribution in [0, 0.1) is 11.7 Å². The van der Waals surface area contributed by atoms with Crippen LogP contribution in [0.2, 0.25) is 0 Å². The molecule has 4 rings (SSSR count). The molecule has 0 bridgehead atoms. The van der Waals surface area contributed by atoms with E-state index in [0.717, 1.165) is 19.3 Å².